The van der Waals surface area contributed by atoms with E-state index in [0.717, 1.165) is 23.5 Å². The average molecular weight is 310 g/mol. The van der Waals surface area contributed by atoms with Gasteiger partial charge in [-0.1, -0.05) is 36.3 Å². The van der Waals surface area contributed by atoms with Crippen molar-refractivity contribution < 1.29 is 14.0 Å². The minimum absolute atomic E-state index is 0.239. The van der Waals surface area contributed by atoms with E-state index in [1.807, 2.05) is 48.5 Å². The second-order valence-corrected chi connectivity index (χ2v) is 5.03. The number of aryl methyl sites for hydroxylation is 1. The summed E-state index contributed by atoms with van der Waals surface area (Å²) in [5, 5.41) is 3.98. The Morgan fingerprint density at radius 3 is 2.61 bits per heavy atom. The molecule has 0 fully saturated rings. The van der Waals surface area contributed by atoms with Crippen LogP contribution >= 0.6 is 0 Å². The van der Waals surface area contributed by atoms with E-state index in [0.29, 0.717) is 11.7 Å². The molecule has 2 aromatic carbocycles. The minimum atomic E-state index is 0.239. The Labute approximate surface area is 134 Å². The summed E-state index contributed by atoms with van der Waals surface area (Å²) in [7, 11) is 1.62. The van der Waals surface area contributed by atoms with Gasteiger partial charge in [-0.25, -0.2) is 0 Å². The number of hydrogen-bond acceptors (Lipinski definition) is 5. The molecule has 0 aliphatic carbocycles. The SMILES string of the molecule is CCc1ccc(OCc2nc(-c3cccc(OC)c3)no2)cc1. The molecule has 0 aliphatic rings. The number of nitrogens with zero attached hydrogens (tertiary/aromatic N) is 2. The highest BCUT2D eigenvalue weighted by atomic mass is 16.5. The molecule has 118 valence electrons. The highest BCUT2D eigenvalue weighted by Gasteiger charge is 2.10. The number of ether oxygens (including phenoxy) is 2. The van der Waals surface area contributed by atoms with E-state index in [4.69, 9.17) is 14.0 Å². The Morgan fingerprint density at radius 1 is 1.04 bits per heavy atom. The molecule has 0 amide bonds. The quantitative estimate of drug-likeness (QED) is 0.691. The first-order valence-electron chi connectivity index (χ1n) is 7.47. The molecule has 0 saturated carbocycles. The van der Waals surface area contributed by atoms with E-state index in [2.05, 4.69) is 17.1 Å². The molecule has 5 heteroatoms. The molecule has 1 heterocycles. The van der Waals surface area contributed by atoms with Gasteiger partial charge in [0.1, 0.15) is 11.5 Å². The lowest BCUT2D eigenvalue weighted by molar-refractivity contribution is 0.243. The van der Waals surface area contributed by atoms with E-state index in [9.17, 15) is 0 Å². The number of methoxy groups -OCH3 is 1. The largest absolute Gasteiger partial charge is 0.497 e. The fourth-order valence-corrected chi connectivity index (χ4v) is 2.16. The summed E-state index contributed by atoms with van der Waals surface area (Å²) < 4.78 is 16.1. The third-order valence-electron chi connectivity index (χ3n) is 3.49. The fraction of sp³-hybridized carbons (Fsp3) is 0.222. The maximum absolute atomic E-state index is 5.66. The summed E-state index contributed by atoms with van der Waals surface area (Å²) in [6, 6.07) is 15.5. The van der Waals surface area contributed by atoms with Crippen LogP contribution in [0.2, 0.25) is 0 Å². The van der Waals surface area contributed by atoms with Crippen molar-refractivity contribution in [3.63, 3.8) is 0 Å². The predicted octanol–water partition coefficient (Wildman–Crippen LogP) is 3.89. The Bertz CT molecular complexity index is 766. The van der Waals surface area contributed by atoms with Gasteiger partial charge in [-0.15, -0.1) is 0 Å². The summed E-state index contributed by atoms with van der Waals surface area (Å²) in [6.07, 6.45) is 1.01. The van der Waals surface area contributed by atoms with Gasteiger partial charge in [0.2, 0.25) is 5.82 Å². The van der Waals surface area contributed by atoms with Crippen molar-refractivity contribution in [3.05, 3.63) is 60.0 Å². The van der Waals surface area contributed by atoms with Crippen LogP contribution < -0.4 is 9.47 Å². The zero-order chi connectivity index (χ0) is 16.1. The molecule has 0 atom stereocenters. The molecular formula is C18H18N2O3. The van der Waals surface area contributed by atoms with Crippen LogP contribution in [0.15, 0.2) is 53.1 Å². The molecule has 5 nitrogen and oxygen atoms in total. The standard InChI is InChI=1S/C18H18N2O3/c1-3-13-7-9-15(10-8-13)22-12-17-19-18(20-23-17)14-5-4-6-16(11-14)21-2/h4-11H,3,12H2,1-2H3. The van der Waals surface area contributed by atoms with E-state index >= 15 is 0 Å². The van der Waals surface area contributed by atoms with Crippen molar-refractivity contribution >= 4 is 0 Å². The fourth-order valence-electron chi connectivity index (χ4n) is 2.16. The van der Waals surface area contributed by atoms with Gasteiger partial charge in [0.25, 0.3) is 5.89 Å². The summed E-state index contributed by atoms with van der Waals surface area (Å²) >= 11 is 0. The van der Waals surface area contributed by atoms with Crippen molar-refractivity contribution in [3.8, 4) is 22.9 Å². The number of hydrogen-bond donors (Lipinski definition) is 0. The Kier molecular flexibility index (Phi) is 4.57. The summed E-state index contributed by atoms with van der Waals surface area (Å²) in [6.45, 7) is 2.36. The number of benzene rings is 2. The van der Waals surface area contributed by atoms with Gasteiger partial charge in [-0.05, 0) is 36.2 Å². The summed E-state index contributed by atoms with van der Waals surface area (Å²) in [4.78, 5) is 4.35. The van der Waals surface area contributed by atoms with Gasteiger partial charge in [0.05, 0.1) is 7.11 Å². The third kappa shape index (κ3) is 3.69. The van der Waals surface area contributed by atoms with Gasteiger partial charge in [0.15, 0.2) is 6.61 Å². The van der Waals surface area contributed by atoms with Crippen LogP contribution in [0.5, 0.6) is 11.5 Å². The number of rotatable bonds is 6. The lowest BCUT2D eigenvalue weighted by Gasteiger charge is -2.03. The second-order valence-electron chi connectivity index (χ2n) is 5.03. The Hall–Kier alpha value is -2.82. The molecule has 3 rings (SSSR count). The first-order valence-corrected chi connectivity index (χ1v) is 7.47. The van der Waals surface area contributed by atoms with Gasteiger partial charge >= 0.3 is 0 Å². The van der Waals surface area contributed by atoms with E-state index in [1.54, 1.807) is 7.11 Å². The molecule has 0 bridgehead atoms. The Balaban J connectivity index is 1.66. The summed E-state index contributed by atoms with van der Waals surface area (Å²) in [5.41, 5.74) is 2.11. The normalized spacial score (nSPS) is 10.5. The van der Waals surface area contributed by atoms with Gasteiger partial charge < -0.3 is 14.0 Å². The zero-order valence-corrected chi connectivity index (χ0v) is 13.2. The van der Waals surface area contributed by atoms with Crippen LogP contribution in [0, 0.1) is 0 Å². The molecule has 0 N–H and O–H groups in total. The van der Waals surface area contributed by atoms with Gasteiger partial charge in [-0.2, -0.15) is 4.98 Å². The first kappa shape index (κ1) is 15.1. The highest BCUT2D eigenvalue weighted by molar-refractivity contribution is 5.56. The van der Waals surface area contributed by atoms with Crippen LogP contribution in [-0.2, 0) is 13.0 Å². The van der Waals surface area contributed by atoms with Gasteiger partial charge in [0, 0.05) is 5.56 Å². The van der Waals surface area contributed by atoms with Crippen LogP contribution in [-0.4, -0.2) is 17.3 Å². The van der Waals surface area contributed by atoms with Crippen LogP contribution in [0.1, 0.15) is 18.4 Å². The molecule has 23 heavy (non-hydrogen) atoms. The molecule has 1 aromatic heterocycles. The molecular weight excluding hydrogens is 292 g/mol. The van der Waals surface area contributed by atoms with Crippen molar-refractivity contribution in [2.75, 3.05) is 7.11 Å². The van der Waals surface area contributed by atoms with Crippen LogP contribution in [0.25, 0.3) is 11.4 Å². The van der Waals surface area contributed by atoms with Gasteiger partial charge in [-0.3, -0.25) is 0 Å². The maximum Gasteiger partial charge on any atom is 0.264 e. The minimum Gasteiger partial charge on any atom is -0.497 e. The van der Waals surface area contributed by atoms with E-state index in [1.165, 1.54) is 5.56 Å². The number of aromatic nitrogens is 2. The molecule has 3 aromatic rings. The third-order valence-corrected chi connectivity index (χ3v) is 3.49. The molecule has 0 radical (unpaired) electrons. The van der Waals surface area contributed by atoms with E-state index < -0.39 is 0 Å². The smallest absolute Gasteiger partial charge is 0.264 e. The lowest BCUT2D eigenvalue weighted by atomic mass is 10.2. The lowest BCUT2D eigenvalue weighted by Crippen LogP contribution is -1.96. The van der Waals surface area contributed by atoms with Crippen LogP contribution in [0.3, 0.4) is 0 Å². The predicted molar refractivity (Wildman–Crippen MR) is 86.4 cm³/mol. The maximum atomic E-state index is 5.66. The second kappa shape index (κ2) is 6.96. The summed E-state index contributed by atoms with van der Waals surface area (Å²) in [5.74, 6) is 2.48. The molecule has 0 spiro atoms. The zero-order valence-electron chi connectivity index (χ0n) is 13.2. The van der Waals surface area contributed by atoms with Crippen LogP contribution in [0.4, 0.5) is 0 Å². The first-order chi connectivity index (χ1) is 11.3. The monoisotopic (exact) mass is 310 g/mol. The topological polar surface area (TPSA) is 57.4 Å². The van der Waals surface area contributed by atoms with Crippen molar-refractivity contribution in [2.24, 2.45) is 0 Å². The molecule has 0 unspecified atom stereocenters. The van der Waals surface area contributed by atoms with E-state index in [-0.39, 0.29) is 6.61 Å². The van der Waals surface area contributed by atoms with Crippen molar-refractivity contribution in [1.82, 2.24) is 10.1 Å². The van der Waals surface area contributed by atoms with Crippen molar-refractivity contribution in [1.29, 1.82) is 0 Å². The highest BCUT2D eigenvalue weighted by Crippen LogP contribution is 2.21. The molecule has 0 aliphatic heterocycles. The van der Waals surface area contributed by atoms with Crippen molar-refractivity contribution in [2.45, 2.75) is 20.0 Å². The average Bonchev–Trinajstić information content (AvgIpc) is 3.09. The Morgan fingerprint density at radius 2 is 1.87 bits per heavy atom. The molecule has 0 saturated heterocycles.